The minimum atomic E-state index is 0. The van der Waals surface area contributed by atoms with Crippen LogP contribution in [0, 0.1) is 0 Å². The van der Waals surface area contributed by atoms with Gasteiger partial charge >= 0.3 is 29.6 Å². The van der Waals surface area contributed by atoms with Gasteiger partial charge in [-0.15, -0.1) is 11.6 Å². The number of halogens is 5. The summed E-state index contributed by atoms with van der Waals surface area (Å²) in [5.74, 6) is 1.33. The van der Waals surface area contributed by atoms with Gasteiger partial charge in [0, 0.05) is 37.2 Å². The summed E-state index contributed by atoms with van der Waals surface area (Å²) in [4.78, 5) is 7.72. The van der Waals surface area contributed by atoms with Gasteiger partial charge in [-0.2, -0.15) is 18.0 Å². The zero-order valence-electron chi connectivity index (χ0n) is 16.6. The first kappa shape index (κ1) is 32.6. The van der Waals surface area contributed by atoms with E-state index in [2.05, 4.69) is 22.6 Å². The Balaban J connectivity index is 0. The Kier molecular flexibility index (Phi) is 23.9. The Labute approximate surface area is 230 Å². The molecule has 0 aliphatic carbocycles. The summed E-state index contributed by atoms with van der Waals surface area (Å²) in [7, 11) is 0. The van der Waals surface area contributed by atoms with E-state index in [0.29, 0.717) is 26.2 Å². The fraction of sp³-hybridized carbons (Fsp3) is 0.444. The van der Waals surface area contributed by atoms with Crippen molar-refractivity contribution >= 4 is 82.4 Å². The van der Waals surface area contributed by atoms with Gasteiger partial charge in [0.1, 0.15) is 10.3 Å². The zero-order valence-corrected chi connectivity index (χ0v) is 24.0. The van der Waals surface area contributed by atoms with Crippen LogP contribution >= 0.6 is 69.8 Å². The molecular weight excluding hydrogens is 525 g/mol. The average molecular weight is 547 g/mol. The van der Waals surface area contributed by atoms with E-state index >= 15 is 0 Å². The Bertz CT molecular complexity index is 675. The van der Waals surface area contributed by atoms with Gasteiger partial charge in [-0.3, -0.25) is 0 Å². The maximum absolute atomic E-state index is 5.75. The SMILES string of the molecule is C1CCOC1.CSCc1cnc(Cl)c(Cl)c1.C[S-].ClCc1cnc(Cl)c(Cl)c1.[Na+]. The molecule has 0 bridgehead atoms. The van der Waals surface area contributed by atoms with Crippen LogP contribution in [0.3, 0.4) is 0 Å². The topological polar surface area (TPSA) is 35.0 Å². The second kappa shape index (κ2) is 21.3. The number of ether oxygens (including phenoxy) is 1. The van der Waals surface area contributed by atoms with Crippen LogP contribution in [0.1, 0.15) is 24.0 Å². The van der Waals surface area contributed by atoms with Gasteiger partial charge in [0.05, 0.1) is 10.0 Å². The smallest absolute Gasteiger partial charge is 0.796 e. The third kappa shape index (κ3) is 15.8. The molecule has 0 atom stereocenters. The Morgan fingerprint density at radius 3 is 1.72 bits per heavy atom. The maximum atomic E-state index is 5.75. The molecule has 0 unspecified atom stereocenters. The molecule has 29 heavy (non-hydrogen) atoms. The van der Waals surface area contributed by atoms with E-state index in [4.69, 9.17) is 62.7 Å². The first-order chi connectivity index (χ1) is 13.5. The molecule has 158 valence electrons. The molecule has 0 N–H and O–H groups in total. The van der Waals surface area contributed by atoms with Crippen molar-refractivity contribution in [1.29, 1.82) is 0 Å². The summed E-state index contributed by atoms with van der Waals surface area (Å²) < 4.78 is 4.94. The standard InChI is InChI=1S/C7H7Cl2NS.C6H4Cl3N.C4H8O.CH4S.Na/c1-11-4-5-2-6(8)7(9)10-3-5;7-2-4-1-5(8)6(9)10-3-4;1-2-4-5-3-1;1-2;/h2-3H,4H2,1H3;1,3H,2H2;1-4H2;2H,1H3;/q;;;;+1/p-1. The van der Waals surface area contributed by atoms with Crippen LogP contribution in [0.5, 0.6) is 0 Å². The van der Waals surface area contributed by atoms with E-state index < -0.39 is 0 Å². The van der Waals surface area contributed by atoms with Crippen molar-refractivity contribution in [3.8, 4) is 0 Å². The van der Waals surface area contributed by atoms with Crippen LogP contribution in [-0.2, 0) is 29.0 Å². The summed E-state index contributed by atoms with van der Waals surface area (Å²) in [6.07, 6.45) is 9.51. The van der Waals surface area contributed by atoms with Crippen molar-refractivity contribution in [2.24, 2.45) is 0 Å². The summed E-state index contributed by atoms with van der Waals surface area (Å²) in [6, 6.07) is 3.54. The van der Waals surface area contributed by atoms with Crippen molar-refractivity contribution in [1.82, 2.24) is 9.97 Å². The number of pyridine rings is 2. The van der Waals surface area contributed by atoms with Gasteiger partial charge < -0.3 is 17.4 Å². The molecule has 3 heterocycles. The van der Waals surface area contributed by atoms with Crippen LogP contribution in [0.2, 0.25) is 20.4 Å². The Morgan fingerprint density at radius 2 is 1.38 bits per heavy atom. The van der Waals surface area contributed by atoms with Gasteiger partial charge in [0.15, 0.2) is 0 Å². The quantitative estimate of drug-likeness (QED) is 0.248. The van der Waals surface area contributed by atoms with Gasteiger partial charge in [-0.05, 0) is 42.4 Å². The Hall–Kier alpha value is 1.41. The molecule has 3 rings (SSSR count). The normalized spacial score (nSPS) is 11.6. The molecule has 11 heteroatoms. The van der Waals surface area contributed by atoms with E-state index in [9.17, 15) is 0 Å². The van der Waals surface area contributed by atoms with E-state index in [0.717, 1.165) is 30.1 Å². The molecule has 1 fully saturated rings. The minimum Gasteiger partial charge on any atom is -0.796 e. The van der Waals surface area contributed by atoms with E-state index in [1.807, 2.05) is 12.3 Å². The summed E-state index contributed by atoms with van der Waals surface area (Å²) in [5, 5.41) is 1.66. The number of rotatable bonds is 3. The zero-order chi connectivity index (χ0) is 21.4. The monoisotopic (exact) mass is 544 g/mol. The van der Waals surface area contributed by atoms with Crippen molar-refractivity contribution in [3.63, 3.8) is 0 Å². The summed E-state index contributed by atoms with van der Waals surface area (Å²) in [5.41, 5.74) is 1.97. The minimum absolute atomic E-state index is 0. The van der Waals surface area contributed by atoms with Crippen LogP contribution in [0.4, 0.5) is 0 Å². The largest absolute Gasteiger partial charge is 1.00 e. The molecule has 0 aromatic carbocycles. The van der Waals surface area contributed by atoms with Gasteiger partial charge in [0.2, 0.25) is 0 Å². The van der Waals surface area contributed by atoms with Gasteiger partial charge in [-0.1, -0.05) is 46.4 Å². The predicted molar refractivity (Wildman–Crippen MR) is 129 cm³/mol. The van der Waals surface area contributed by atoms with E-state index in [-0.39, 0.29) is 29.6 Å². The molecule has 1 aliphatic rings. The number of hydrogen-bond acceptors (Lipinski definition) is 5. The number of thioether (sulfide) groups is 1. The molecule has 0 spiro atoms. The molecule has 1 saturated heterocycles. The fourth-order valence-corrected chi connectivity index (χ4v) is 2.97. The fourth-order valence-electron chi connectivity index (χ4n) is 1.75. The van der Waals surface area contributed by atoms with Crippen molar-refractivity contribution in [2.75, 3.05) is 25.7 Å². The third-order valence-corrected chi connectivity index (χ3v) is 5.30. The molecular formula is C18H22Cl5N2NaOS2. The number of alkyl halides is 1. The molecule has 1 aliphatic heterocycles. The molecule has 0 amide bonds. The molecule has 0 radical (unpaired) electrons. The third-order valence-electron chi connectivity index (χ3n) is 3.00. The summed E-state index contributed by atoms with van der Waals surface area (Å²) >= 11 is 33.9. The van der Waals surface area contributed by atoms with Crippen molar-refractivity contribution in [3.05, 3.63) is 56.0 Å². The van der Waals surface area contributed by atoms with Crippen LogP contribution in [0.25, 0.3) is 0 Å². The molecule has 2 aromatic heterocycles. The second-order valence-corrected chi connectivity index (χ2v) is 7.78. The van der Waals surface area contributed by atoms with Gasteiger partial charge in [-0.25, -0.2) is 9.97 Å². The van der Waals surface area contributed by atoms with Crippen LogP contribution in [-0.4, -0.2) is 35.7 Å². The summed E-state index contributed by atoms with van der Waals surface area (Å²) in [6.45, 7) is 2.00. The van der Waals surface area contributed by atoms with Gasteiger partial charge in [0.25, 0.3) is 0 Å². The molecule has 2 aromatic rings. The Morgan fingerprint density at radius 1 is 0.931 bits per heavy atom. The number of aromatic nitrogens is 2. The van der Waals surface area contributed by atoms with E-state index in [1.165, 1.54) is 12.8 Å². The first-order valence-corrected chi connectivity index (χ1v) is 12.4. The maximum Gasteiger partial charge on any atom is 1.00 e. The molecule has 0 saturated carbocycles. The number of hydrogen-bond donors (Lipinski definition) is 0. The van der Waals surface area contributed by atoms with Crippen LogP contribution < -0.4 is 29.6 Å². The van der Waals surface area contributed by atoms with Crippen molar-refractivity contribution in [2.45, 2.75) is 24.5 Å². The first-order valence-electron chi connectivity index (χ1n) is 8.11. The molecule has 3 nitrogen and oxygen atoms in total. The second-order valence-electron chi connectivity index (χ2n) is 5.12. The van der Waals surface area contributed by atoms with Crippen molar-refractivity contribution < 1.29 is 34.3 Å². The predicted octanol–water partition coefficient (Wildman–Crippen LogP) is 4.34. The number of nitrogens with zero attached hydrogens (tertiary/aromatic N) is 2. The van der Waals surface area contributed by atoms with Crippen LogP contribution in [0.15, 0.2) is 24.5 Å². The average Bonchev–Trinajstić information content (AvgIpc) is 3.29. The van der Waals surface area contributed by atoms with E-state index in [1.54, 1.807) is 36.5 Å².